The minimum atomic E-state index is 0.829. The van der Waals surface area contributed by atoms with Crippen LogP contribution in [0.4, 0.5) is 0 Å². The van der Waals surface area contributed by atoms with Crippen LogP contribution < -0.4 is 11.1 Å². The number of unbranched alkanes of at least 4 members (excludes halogenated alkanes) is 1. The highest BCUT2D eigenvalue weighted by atomic mass is 15.1. The third-order valence-corrected chi connectivity index (χ3v) is 4.83. The van der Waals surface area contributed by atoms with Crippen LogP contribution in [0.3, 0.4) is 0 Å². The molecule has 1 saturated heterocycles. The second kappa shape index (κ2) is 15.8. The van der Waals surface area contributed by atoms with Gasteiger partial charge in [-0.15, -0.1) is 0 Å². The SMILES string of the molecule is NCCCCNCCCN1CCCCCCCCCCCC1. The number of hydrogen-bond donors (Lipinski definition) is 2. The maximum absolute atomic E-state index is 5.51. The van der Waals surface area contributed by atoms with Gasteiger partial charge in [0, 0.05) is 0 Å². The van der Waals surface area contributed by atoms with E-state index in [1.54, 1.807) is 0 Å². The van der Waals surface area contributed by atoms with E-state index in [0.29, 0.717) is 0 Å². The predicted octanol–water partition coefficient (Wildman–Crippen LogP) is 3.92. The highest BCUT2D eigenvalue weighted by Crippen LogP contribution is 2.13. The van der Waals surface area contributed by atoms with E-state index in [9.17, 15) is 0 Å². The van der Waals surface area contributed by atoms with Crippen LogP contribution in [0.1, 0.15) is 83.5 Å². The largest absolute Gasteiger partial charge is 0.330 e. The third kappa shape index (κ3) is 12.4. The maximum atomic E-state index is 5.51. The molecule has 0 aromatic carbocycles. The van der Waals surface area contributed by atoms with Crippen molar-refractivity contribution in [1.29, 1.82) is 0 Å². The number of nitrogens with two attached hydrogens (primary N) is 1. The molecule has 0 aliphatic carbocycles. The molecule has 1 rings (SSSR count). The van der Waals surface area contributed by atoms with Gasteiger partial charge in [-0.1, -0.05) is 51.4 Å². The first-order chi connectivity index (χ1) is 10.9. The number of hydrogen-bond acceptors (Lipinski definition) is 3. The Labute approximate surface area is 139 Å². The molecular weight excluding hydrogens is 270 g/mol. The summed E-state index contributed by atoms with van der Waals surface area (Å²) in [5.41, 5.74) is 5.51. The summed E-state index contributed by atoms with van der Waals surface area (Å²) >= 11 is 0. The van der Waals surface area contributed by atoms with Crippen LogP contribution >= 0.6 is 0 Å². The molecule has 3 nitrogen and oxygen atoms in total. The molecule has 0 atom stereocenters. The van der Waals surface area contributed by atoms with Crippen molar-refractivity contribution >= 4 is 0 Å². The molecule has 0 unspecified atom stereocenters. The van der Waals surface area contributed by atoms with Gasteiger partial charge in [0.2, 0.25) is 0 Å². The topological polar surface area (TPSA) is 41.3 Å². The highest BCUT2D eigenvalue weighted by molar-refractivity contribution is 4.62. The molecule has 0 amide bonds. The van der Waals surface area contributed by atoms with Gasteiger partial charge in [-0.3, -0.25) is 0 Å². The summed E-state index contributed by atoms with van der Waals surface area (Å²) in [4.78, 5) is 2.72. The monoisotopic (exact) mass is 311 g/mol. The normalized spacial score (nSPS) is 20.0. The van der Waals surface area contributed by atoms with Crippen LogP contribution in [0.2, 0.25) is 0 Å². The number of nitrogens with one attached hydrogen (secondary N) is 1. The minimum absolute atomic E-state index is 0.829. The Morgan fingerprint density at radius 2 is 1.14 bits per heavy atom. The Morgan fingerprint density at radius 1 is 0.636 bits per heavy atom. The van der Waals surface area contributed by atoms with Gasteiger partial charge < -0.3 is 16.0 Å². The third-order valence-electron chi connectivity index (χ3n) is 4.83. The van der Waals surface area contributed by atoms with Crippen LogP contribution in [-0.4, -0.2) is 44.2 Å². The molecule has 0 radical (unpaired) electrons. The van der Waals surface area contributed by atoms with Crippen LogP contribution in [0.25, 0.3) is 0 Å². The molecule has 1 aliphatic heterocycles. The molecule has 22 heavy (non-hydrogen) atoms. The summed E-state index contributed by atoms with van der Waals surface area (Å²) in [6, 6.07) is 0. The number of nitrogens with zero attached hydrogens (tertiary/aromatic N) is 1. The molecule has 3 heteroatoms. The molecule has 0 saturated carbocycles. The van der Waals surface area contributed by atoms with Gasteiger partial charge in [-0.05, 0) is 71.4 Å². The fourth-order valence-electron chi connectivity index (χ4n) is 3.37. The zero-order valence-electron chi connectivity index (χ0n) is 15.0. The van der Waals surface area contributed by atoms with Crippen LogP contribution in [-0.2, 0) is 0 Å². The molecule has 0 aromatic heterocycles. The fourth-order valence-corrected chi connectivity index (χ4v) is 3.37. The van der Waals surface area contributed by atoms with Crippen molar-refractivity contribution in [3.8, 4) is 0 Å². The first-order valence-corrected chi connectivity index (χ1v) is 10.1. The molecule has 0 spiro atoms. The van der Waals surface area contributed by atoms with Crippen molar-refractivity contribution in [3.63, 3.8) is 0 Å². The summed E-state index contributed by atoms with van der Waals surface area (Å²) in [7, 11) is 0. The summed E-state index contributed by atoms with van der Waals surface area (Å²) < 4.78 is 0. The van der Waals surface area contributed by atoms with E-state index in [0.717, 1.165) is 19.5 Å². The summed E-state index contributed by atoms with van der Waals surface area (Å²) in [6.07, 6.45) is 18.1. The van der Waals surface area contributed by atoms with E-state index < -0.39 is 0 Å². The Morgan fingerprint density at radius 3 is 1.68 bits per heavy atom. The van der Waals surface area contributed by atoms with E-state index >= 15 is 0 Å². The lowest BCUT2D eigenvalue weighted by molar-refractivity contribution is 0.257. The zero-order chi connectivity index (χ0) is 15.7. The lowest BCUT2D eigenvalue weighted by Gasteiger charge is -2.22. The second-order valence-corrected chi connectivity index (χ2v) is 6.98. The molecule has 1 aliphatic rings. The average Bonchev–Trinajstić information content (AvgIpc) is 2.56. The Kier molecular flexibility index (Phi) is 14.3. The Bertz CT molecular complexity index is 207. The molecule has 0 bridgehead atoms. The number of rotatable bonds is 8. The smallest absolute Gasteiger partial charge is 0.000664 e. The lowest BCUT2D eigenvalue weighted by Crippen LogP contribution is -2.30. The van der Waals surface area contributed by atoms with Crippen molar-refractivity contribution in [2.75, 3.05) is 39.3 Å². The van der Waals surface area contributed by atoms with Gasteiger partial charge in [-0.2, -0.15) is 0 Å². The quantitative estimate of drug-likeness (QED) is 0.668. The molecule has 1 fully saturated rings. The van der Waals surface area contributed by atoms with E-state index in [1.165, 1.54) is 103 Å². The first kappa shape index (κ1) is 19.9. The van der Waals surface area contributed by atoms with E-state index in [1.807, 2.05) is 0 Å². The molecule has 0 aromatic rings. The van der Waals surface area contributed by atoms with Crippen LogP contribution in [0.5, 0.6) is 0 Å². The summed E-state index contributed by atoms with van der Waals surface area (Å²) in [5, 5.41) is 3.55. The van der Waals surface area contributed by atoms with Gasteiger partial charge in [-0.25, -0.2) is 0 Å². The fraction of sp³-hybridized carbons (Fsp3) is 1.00. The van der Waals surface area contributed by atoms with Gasteiger partial charge in [0.15, 0.2) is 0 Å². The van der Waals surface area contributed by atoms with E-state index in [4.69, 9.17) is 5.73 Å². The maximum Gasteiger partial charge on any atom is -0.000664 e. The molecule has 132 valence electrons. The van der Waals surface area contributed by atoms with Crippen molar-refractivity contribution < 1.29 is 0 Å². The van der Waals surface area contributed by atoms with Gasteiger partial charge in [0.1, 0.15) is 0 Å². The Balaban J connectivity index is 2.08. The zero-order valence-corrected chi connectivity index (χ0v) is 15.0. The molecule has 1 heterocycles. The average molecular weight is 312 g/mol. The summed E-state index contributed by atoms with van der Waals surface area (Å²) in [6.45, 7) is 7.07. The molecule has 3 N–H and O–H groups in total. The first-order valence-electron chi connectivity index (χ1n) is 10.1. The van der Waals surface area contributed by atoms with Crippen molar-refractivity contribution in [3.05, 3.63) is 0 Å². The standard InChI is InChI=1S/C19H41N3/c20-14-9-10-15-21-16-13-19-22-17-11-7-5-3-1-2-4-6-8-12-18-22/h21H,1-20H2. The lowest BCUT2D eigenvalue weighted by atomic mass is 10.1. The molecular formula is C19H41N3. The van der Waals surface area contributed by atoms with E-state index in [-0.39, 0.29) is 0 Å². The minimum Gasteiger partial charge on any atom is -0.330 e. The van der Waals surface area contributed by atoms with Gasteiger partial charge in [0.25, 0.3) is 0 Å². The van der Waals surface area contributed by atoms with Gasteiger partial charge >= 0.3 is 0 Å². The summed E-state index contributed by atoms with van der Waals surface area (Å²) in [5.74, 6) is 0. The predicted molar refractivity (Wildman–Crippen MR) is 98.4 cm³/mol. The van der Waals surface area contributed by atoms with Crippen molar-refractivity contribution in [1.82, 2.24) is 10.2 Å². The van der Waals surface area contributed by atoms with Crippen molar-refractivity contribution in [2.45, 2.75) is 83.5 Å². The van der Waals surface area contributed by atoms with Crippen LogP contribution in [0.15, 0.2) is 0 Å². The highest BCUT2D eigenvalue weighted by Gasteiger charge is 2.05. The van der Waals surface area contributed by atoms with Crippen LogP contribution in [0, 0.1) is 0 Å². The second-order valence-electron chi connectivity index (χ2n) is 6.98. The van der Waals surface area contributed by atoms with Gasteiger partial charge in [0.05, 0.1) is 0 Å². The van der Waals surface area contributed by atoms with Crippen molar-refractivity contribution in [2.24, 2.45) is 5.73 Å². The van der Waals surface area contributed by atoms with E-state index in [2.05, 4.69) is 10.2 Å². The Hall–Kier alpha value is -0.120.